The second kappa shape index (κ2) is 14.3. The van der Waals surface area contributed by atoms with Crippen LogP contribution < -0.4 is 11.1 Å². The van der Waals surface area contributed by atoms with Gasteiger partial charge in [-0.2, -0.15) is 0 Å². The number of ether oxygens (including phenoxy) is 3. The van der Waals surface area contributed by atoms with E-state index in [-0.39, 0.29) is 37.6 Å². The molecule has 40 heavy (non-hydrogen) atoms. The number of nitrogens with one attached hydrogen (secondary N) is 1. The van der Waals surface area contributed by atoms with Crippen molar-refractivity contribution in [1.82, 2.24) is 5.32 Å². The molecule has 0 spiro atoms. The van der Waals surface area contributed by atoms with Gasteiger partial charge in [0.25, 0.3) is 0 Å². The Morgan fingerprint density at radius 1 is 1.18 bits per heavy atom. The van der Waals surface area contributed by atoms with Gasteiger partial charge in [-0.15, -0.1) is 0 Å². The summed E-state index contributed by atoms with van der Waals surface area (Å²) < 4.78 is 17.9. The molecule has 0 bridgehead atoms. The summed E-state index contributed by atoms with van der Waals surface area (Å²) in [6.07, 6.45) is -5.48. The molecule has 234 valence electrons. The average Bonchev–Trinajstić information content (AvgIpc) is 2.81. The zero-order valence-corrected chi connectivity index (χ0v) is 24.8. The van der Waals surface area contributed by atoms with E-state index in [0.29, 0.717) is 0 Å². The molecule has 12 heteroatoms. The van der Waals surface area contributed by atoms with Gasteiger partial charge in [0.05, 0.1) is 54.2 Å². The van der Waals surface area contributed by atoms with Crippen molar-refractivity contribution in [2.75, 3.05) is 6.54 Å². The van der Waals surface area contributed by atoms with Crippen molar-refractivity contribution >= 4 is 5.91 Å². The molecule has 2 aliphatic rings. The Hall–Kier alpha value is -1.19. The van der Waals surface area contributed by atoms with E-state index in [1.54, 1.807) is 26.8 Å². The maximum atomic E-state index is 13.3. The Labute approximate surface area is 237 Å². The van der Waals surface area contributed by atoms with Crippen molar-refractivity contribution in [1.29, 1.82) is 0 Å². The van der Waals surface area contributed by atoms with Crippen molar-refractivity contribution in [3.63, 3.8) is 0 Å². The minimum atomic E-state index is -1.92. The van der Waals surface area contributed by atoms with Crippen LogP contribution in [0.25, 0.3) is 0 Å². The fraction of sp³-hybridized carbons (Fsp3) is 0.893. The van der Waals surface area contributed by atoms with Gasteiger partial charge in [0.15, 0.2) is 12.1 Å². The molecule has 0 aliphatic carbocycles. The van der Waals surface area contributed by atoms with E-state index in [2.05, 4.69) is 5.32 Å². The molecule has 0 aromatic heterocycles. The maximum Gasteiger partial charge on any atom is 0.228 e. The highest BCUT2D eigenvalue weighted by Gasteiger charge is 2.50. The van der Waals surface area contributed by atoms with E-state index in [1.807, 2.05) is 19.9 Å². The number of allylic oxidation sites excluding steroid dienone is 1. The van der Waals surface area contributed by atoms with Crippen molar-refractivity contribution in [2.24, 2.45) is 23.5 Å². The summed E-state index contributed by atoms with van der Waals surface area (Å²) >= 11 is 0. The molecule has 0 radical (unpaired) electrons. The van der Waals surface area contributed by atoms with Gasteiger partial charge in [0, 0.05) is 25.8 Å². The number of hydrogen-bond donors (Lipinski definition) is 8. The SMILES string of the molecule is CC(C)/C=C/[C@@H](C[C@@H]1O[C@](O)(C[C@@H](O)C(C)C)C[C@H](O)C1C(=O)NCC(C)(C)O)OC1OC(C)C(O)C(N)C1O. The molecule has 2 saturated heterocycles. The van der Waals surface area contributed by atoms with E-state index < -0.39 is 78.3 Å². The summed E-state index contributed by atoms with van der Waals surface area (Å²) in [6.45, 7) is 12.1. The van der Waals surface area contributed by atoms with E-state index in [9.17, 15) is 35.4 Å². The quantitative estimate of drug-likeness (QED) is 0.139. The molecule has 2 heterocycles. The first-order valence-electron chi connectivity index (χ1n) is 14.2. The van der Waals surface area contributed by atoms with Crippen LogP contribution in [-0.4, -0.2) is 110 Å². The molecule has 12 nitrogen and oxygen atoms in total. The molecule has 9 N–H and O–H groups in total. The second-order valence-electron chi connectivity index (χ2n) is 12.8. The molecular weight excluding hydrogens is 524 g/mol. The van der Waals surface area contributed by atoms with Crippen molar-refractivity contribution in [3.8, 4) is 0 Å². The third-order valence-corrected chi connectivity index (χ3v) is 7.39. The standard InChI is InChI=1S/C28H52N2O10/c1-14(2)8-9-17(39-26-24(34)22(29)23(33)16(5)38-26)10-20-21(25(35)30-13-27(6,7)36)19(32)12-28(37,40-20)11-18(31)15(3)4/h8-9,14-24,26,31-34,36-37H,10-13,29H2,1-7H3,(H,30,35)/b9-8+/t16?,17-,18+,19-,20-,21?,22?,23?,24?,26?,28+/m0/s1. The van der Waals surface area contributed by atoms with Crippen LogP contribution in [0.1, 0.15) is 67.7 Å². The van der Waals surface area contributed by atoms with Crippen LogP contribution in [-0.2, 0) is 19.0 Å². The maximum absolute atomic E-state index is 13.3. The number of aliphatic hydroxyl groups excluding tert-OH is 4. The first-order valence-corrected chi connectivity index (χ1v) is 14.2. The number of rotatable bonds is 12. The van der Waals surface area contributed by atoms with Crippen LogP contribution in [0.2, 0.25) is 0 Å². The highest BCUT2D eigenvalue weighted by atomic mass is 16.7. The number of nitrogens with two attached hydrogens (primary N) is 1. The molecule has 0 saturated carbocycles. The topological polar surface area (TPSA) is 204 Å². The second-order valence-corrected chi connectivity index (χ2v) is 12.8. The minimum Gasteiger partial charge on any atom is -0.393 e. The first kappa shape index (κ1) is 35.0. The molecule has 1 amide bonds. The number of amides is 1. The molecule has 2 aliphatic heterocycles. The largest absolute Gasteiger partial charge is 0.393 e. The summed E-state index contributed by atoms with van der Waals surface area (Å²) in [5.74, 6) is -3.71. The fourth-order valence-electron chi connectivity index (χ4n) is 4.87. The van der Waals surface area contributed by atoms with Gasteiger partial charge >= 0.3 is 0 Å². The highest BCUT2D eigenvalue weighted by molar-refractivity contribution is 5.80. The number of aliphatic hydroxyl groups is 6. The van der Waals surface area contributed by atoms with Gasteiger partial charge < -0.3 is 55.9 Å². The smallest absolute Gasteiger partial charge is 0.228 e. The Kier molecular flexibility index (Phi) is 12.5. The van der Waals surface area contributed by atoms with Crippen molar-refractivity contribution < 1.29 is 49.6 Å². The number of carbonyl (C=O) groups excluding carboxylic acids is 1. The van der Waals surface area contributed by atoms with E-state index in [0.717, 1.165) is 0 Å². The lowest BCUT2D eigenvalue weighted by Crippen LogP contribution is -2.62. The van der Waals surface area contributed by atoms with E-state index in [1.165, 1.54) is 13.8 Å². The summed E-state index contributed by atoms with van der Waals surface area (Å²) in [7, 11) is 0. The predicted octanol–water partition coefficient (Wildman–Crippen LogP) is -0.483. The van der Waals surface area contributed by atoms with Crippen molar-refractivity contribution in [2.45, 2.75) is 134 Å². The molecule has 2 fully saturated rings. The van der Waals surface area contributed by atoms with Gasteiger partial charge in [-0.05, 0) is 32.6 Å². The van der Waals surface area contributed by atoms with Gasteiger partial charge in [-0.25, -0.2) is 0 Å². The Morgan fingerprint density at radius 2 is 1.80 bits per heavy atom. The highest BCUT2D eigenvalue weighted by Crippen LogP contribution is 2.38. The van der Waals surface area contributed by atoms with Crippen LogP contribution in [0.4, 0.5) is 0 Å². The third kappa shape index (κ3) is 9.97. The predicted molar refractivity (Wildman–Crippen MR) is 146 cm³/mol. The third-order valence-electron chi connectivity index (χ3n) is 7.39. The first-order chi connectivity index (χ1) is 18.3. The number of hydrogen-bond acceptors (Lipinski definition) is 11. The molecule has 2 rings (SSSR count). The van der Waals surface area contributed by atoms with Crippen LogP contribution in [0.3, 0.4) is 0 Å². The number of carbonyl (C=O) groups is 1. The lowest BCUT2D eigenvalue weighted by atomic mass is 9.81. The molecule has 11 atom stereocenters. The Balaban J connectivity index is 2.38. The zero-order valence-electron chi connectivity index (χ0n) is 24.8. The molecule has 0 aromatic rings. The summed E-state index contributed by atoms with van der Waals surface area (Å²) in [5.41, 5.74) is 4.77. The summed E-state index contributed by atoms with van der Waals surface area (Å²) in [4.78, 5) is 13.3. The summed E-state index contributed by atoms with van der Waals surface area (Å²) in [5, 5.41) is 66.4. The Morgan fingerprint density at radius 3 is 2.35 bits per heavy atom. The van der Waals surface area contributed by atoms with Crippen LogP contribution in [0, 0.1) is 17.8 Å². The van der Waals surface area contributed by atoms with Crippen LogP contribution >= 0.6 is 0 Å². The lowest BCUT2D eigenvalue weighted by molar-refractivity contribution is -0.307. The van der Waals surface area contributed by atoms with Gasteiger partial charge in [-0.3, -0.25) is 4.79 Å². The zero-order chi connectivity index (χ0) is 30.6. The molecular formula is C28H52N2O10. The average molecular weight is 577 g/mol. The molecule has 0 aromatic carbocycles. The van der Waals surface area contributed by atoms with Gasteiger partial charge in [0.1, 0.15) is 6.10 Å². The lowest BCUT2D eigenvalue weighted by Gasteiger charge is -2.46. The minimum absolute atomic E-state index is 0.0419. The van der Waals surface area contributed by atoms with Crippen LogP contribution in [0.5, 0.6) is 0 Å². The fourth-order valence-corrected chi connectivity index (χ4v) is 4.87. The van der Waals surface area contributed by atoms with Crippen LogP contribution in [0.15, 0.2) is 12.2 Å². The normalized spacial score (nSPS) is 37.2. The Bertz CT molecular complexity index is 834. The molecule has 6 unspecified atom stereocenters. The van der Waals surface area contributed by atoms with Crippen molar-refractivity contribution in [3.05, 3.63) is 12.2 Å². The van der Waals surface area contributed by atoms with Gasteiger partial charge in [-0.1, -0.05) is 39.8 Å². The monoisotopic (exact) mass is 576 g/mol. The van der Waals surface area contributed by atoms with E-state index in [4.69, 9.17) is 19.9 Å². The summed E-state index contributed by atoms with van der Waals surface area (Å²) in [6, 6.07) is -1.01. The van der Waals surface area contributed by atoms with E-state index >= 15 is 0 Å². The van der Waals surface area contributed by atoms with Gasteiger partial charge in [0.2, 0.25) is 5.91 Å².